The Kier molecular flexibility index (Phi) is 5.27. The van der Waals surface area contributed by atoms with Crippen molar-refractivity contribution >= 4 is 33.2 Å². The van der Waals surface area contributed by atoms with Gasteiger partial charge in [0.15, 0.2) is 0 Å². The number of nitrogens with zero attached hydrogens (tertiary/aromatic N) is 1. The number of hydrogen-bond donors (Lipinski definition) is 0. The molecule has 0 N–H and O–H groups in total. The van der Waals surface area contributed by atoms with Crippen LogP contribution in [-0.4, -0.2) is 19.8 Å². The number of halogens is 2. The highest BCUT2D eigenvalue weighted by Gasteiger charge is 2.21. The Hall–Kier alpha value is -1.07. The van der Waals surface area contributed by atoms with Crippen LogP contribution in [0, 0.1) is 0 Å². The highest BCUT2D eigenvalue weighted by Crippen LogP contribution is 2.24. The van der Waals surface area contributed by atoms with Crippen molar-refractivity contribution in [2.45, 2.75) is 17.3 Å². The van der Waals surface area contributed by atoms with Crippen LogP contribution in [-0.2, 0) is 22.4 Å². The third-order valence-corrected chi connectivity index (χ3v) is 5.57. The summed E-state index contributed by atoms with van der Waals surface area (Å²) in [5, 5.41) is 0.467. The molecule has 0 bridgehead atoms. The summed E-state index contributed by atoms with van der Waals surface area (Å²) in [6.07, 6.45) is 0. The molecule has 0 saturated heterocycles. The first-order valence-corrected chi connectivity index (χ1v) is 8.65. The van der Waals surface area contributed by atoms with E-state index in [1.807, 2.05) is 30.3 Å². The van der Waals surface area contributed by atoms with E-state index >= 15 is 0 Å². The Balaban J connectivity index is 2.29. The molecule has 112 valence electrons. The summed E-state index contributed by atoms with van der Waals surface area (Å²) >= 11 is 11.7. The fourth-order valence-corrected chi connectivity index (χ4v) is 3.60. The van der Waals surface area contributed by atoms with Gasteiger partial charge < -0.3 is 0 Å². The number of sulfonamides is 1. The highest BCUT2D eigenvalue weighted by molar-refractivity contribution is 7.89. The topological polar surface area (TPSA) is 37.4 Å². The number of rotatable bonds is 5. The molecule has 3 nitrogen and oxygen atoms in total. The average Bonchev–Trinajstić information content (AvgIpc) is 2.48. The minimum Gasteiger partial charge on any atom is -0.207 e. The van der Waals surface area contributed by atoms with E-state index < -0.39 is 10.0 Å². The van der Waals surface area contributed by atoms with Crippen molar-refractivity contribution in [1.82, 2.24) is 4.31 Å². The lowest BCUT2D eigenvalue weighted by molar-refractivity contribution is 0.466. The third kappa shape index (κ3) is 3.77. The predicted molar refractivity (Wildman–Crippen MR) is 86.1 cm³/mol. The number of alkyl halides is 1. The third-order valence-electron chi connectivity index (χ3n) is 3.12. The van der Waals surface area contributed by atoms with E-state index in [1.54, 1.807) is 13.1 Å². The van der Waals surface area contributed by atoms with Crippen molar-refractivity contribution in [2.75, 3.05) is 7.05 Å². The lowest BCUT2D eigenvalue weighted by Crippen LogP contribution is -2.26. The van der Waals surface area contributed by atoms with Crippen molar-refractivity contribution in [1.29, 1.82) is 0 Å². The van der Waals surface area contributed by atoms with Gasteiger partial charge in [-0.25, -0.2) is 8.42 Å². The molecule has 2 aromatic rings. The Labute approximate surface area is 135 Å². The van der Waals surface area contributed by atoms with Crippen molar-refractivity contribution in [2.24, 2.45) is 0 Å². The zero-order valence-corrected chi connectivity index (χ0v) is 13.8. The maximum absolute atomic E-state index is 12.6. The van der Waals surface area contributed by atoms with Gasteiger partial charge in [-0.15, -0.1) is 11.6 Å². The summed E-state index contributed by atoms with van der Waals surface area (Å²) in [5.74, 6) is 0.171. The van der Waals surface area contributed by atoms with Gasteiger partial charge in [0.25, 0.3) is 0 Å². The van der Waals surface area contributed by atoms with E-state index in [-0.39, 0.29) is 10.8 Å². The molecule has 2 rings (SSSR count). The summed E-state index contributed by atoms with van der Waals surface area (Å²) in [6, 6.07) is 14.0. The molecule has 0 radical (unpaired) electrons. The molecule has 0 aliphatic carbocycles. The van der Waals surface area contributed by atoms with Gasteiger partial charge >= 0.3 is 0 Å². The van der Waals surface area contributed by atoms with Crippen molar-refractivity contribution in [3.8, 4) is 0 Å². The van der Waals surface area contributed by atoms with Crippen molar-refractivity contribution in [3.63, 3.8) is 0 Å². The lowest BCUT2D eigenvalue weighted by Gasteiger charge is -2.18. The highest BCUT2D eigenvalue weighted by atomic mass is 35.5. The Bertz CT molecular complexity index is 718. The Morgan fingerprint density at radius 1 is 1.10 bits per heavy atom. The molecule has 0 unspecified atom stereocenters. The SMILES string of the molecule is CN(Cc1ccccc1)S(=O)(=O)c1ccc(Cl)c(CCl)c1. The molecule has 0 atom stereocenters. The minimum atomic E-state index is -3.57. The molecule has 0 saturated carbocycles. The van der Waals surface area contributed by atoms with Crippen LogP contribution >= 0.6 is 23.2 Å². The van der Waals surface area contributed by atoms with Gasteiger partial charge in [0.1, 0.15) is 0 Å². The zero-order valence-electron chi connectivity index (χ0n) is 11.5. The fraction of sp³-hybridized carbons (Fsp3) is 0.200. The summed E-state index contributed by atoms with van der Waals surface area (Å²) < 4.78 is 26.4. The molecule has 0 spiro atoms. The fourth-order valence-electron chi connectivity index (χ4n) is 1.92. The number of hydrogen-bond acceptors (Lipinski definition) is 2. The summed E-state index contributed by atoms with van der Waals surface area (Å²) in [5.41, 5.74) is 1.53. The second-order valence-electron chi connectivity index (χ2n) is 4.63. The maximum Gasteiger partial charge on any atom is 0.243 e. The van der Waals surface area contributed by atoms with Crippen LogP contribution in [0.3, 0.4) is 0 Å². The summed E-state index contributed by atoms with van der Waals surface area (Å²) in [4.78, 5) is 0.195. The molecule has 0 amide bonds. The molecule has 0 heterocycles. The summed E-state index contributed by atoms with van der Waals surface area (Å²) in [7, 11) is -2.02. The molecular formula is C15H15Cl2NO2S. The van der Waals surface area contributed by atoms with Gasteiger partial charge in [-0.2, -0.15) is 4.31 Å². The van der Waals surface area contributed by atoms with Gasteiger partial charge in [-0.05, 0) is 29.3 Å². The van der Waals surface area contributed by atoms with Crippen LogP contribution < -0.4 is 0 Å². The smallest absolute Gasteiger partial charge is 0.207 e. The maximum atomic E-state index is 12.6. The normalized spacial score (nSPS) is 11.8. The largest absolute Gasteiger partial charge is 0.243 e. The second-order valence-corrected chi connectivity index (χ2v) is 7.35. The van der Waals surface area contributed by atoms with E-state index in [2.05, 4.69) is 0 Å². The van der Waals surface area contributed by atoms with E-state index in [0.29, 0.717) is 17.1 Å². The van der Waals surface area contributed by atoms with Crippen molar-refractivity contribution < 1.29 is 8.42 Å². The molecule has 21 heavy (non-hydrogen) atoms. The molecule has 2 aromatic carbocycles. The first-order chi connectivity index (χ1) is 9.95. The Morgan fingerprint density at radius 2 is 1.76 bits per heavy atom. The second kappa shape index (κ2) is 6.79. The van der Waals surface area contributed by atoms with E-state index in [0.717, 1.165) is 5.56 Å². The predicted octanol–water partition coefficient (Wildman–Crippen LogP) is 3.90. The monoisotopic (exact) mass is 343 g/mol. The van der Waals surface area contributed by atoms with Gasteiger partial charge in [-0.1, -0.05) is 41.9 Å². The van der Waals surface area contributed by atoms with Crippen LogP contribution in [0.2, 0.25) is 5.02 Å². The quantitative estimate of drug-likeness (QED) is 0.772. The van der Waals surface area contributed by atoms with Crippen LogP contribution in [0.15, 0.2) is 53.4 Å². The van der Waals surface area contributed by atoms with Gasteiger partial charge in [0, 0.05) is 24.5 Å². The minimum absolute atomic E-state index is 0.171. The van der Waals surface area contributed by atoms with Gasteiger partial charge in [0.2, 0.25) is 10.0 Å². The average molecular weight is 344 g/mol. The van der Waals surface area contributed by atoms with E-state index in [1.165, 1.54) is 16.4 Å². The van der Waals surface area contributed by atoms with E-state index in [9.17, 15) is 8.42 Å². The van der Waals surface area contributed by atoms with Gasteiger partial charge in [-0.3, -0.25) is 0 Å². The van der Waals surface area contributed by atoms with E-state index in [4.69, 9.17) is 23.2 Å². The molecule has 0 aromatic heterocycles. The lowest BCUT2D eigenvalue weighted by atomic mass is 10.2. The Morgan fingerprint density at radius 3 is 2.38 bits per heavy atom. The van der Waals surface area contributed by atoms with Crippen LogP contribution in [0.4, 0.5) is 0 Å². The van der Waals surface area contributed by atoms with Gasteiger partial charge in [0.05, 0.1) is 4.90 Å². The number of benzene rings is 2. The molecule has 0 fully saturated rings. The first kappa shape index (κ1) is 16.3. The molecule has 0 aliphatic rings. The van der Waals surface area contributed by atoms with Crippen LogP contribution in [0.25, 0.3) is 0 Å². The van der Waals surface area contributed by atoms with Crippen LogP contribution in [0.1, 0.15) is 11.1 Å². The summed E-state index contributed by atoms with van der Waals surface area (Å²) in [6.45, 7) is 0.308. The van der Waals surface area contributed by atoms with Crippen LogP contribution in [0.5, 0.6) is 0 Å². The standard InChI is InChI=1S/C15H15Cl2NO2S/c1-18(11-12-5-3-2-4-6-12)21(19,20)14-7-8-15(17)13(9-14)10-16/h2-9H,10-11H2,1H3. The van der Waals surface area contributed by atoms with Crippen molar-refractivity contribution in [3.05, 3.63) is 64.7 Å². The molecule has 6 heteroatoms. The zero-order chi connectivity index (χ0) is 15.5. The first-order valence-electron chi connectivity index (χ1n) is 6.30. The molecule has 0 aliphatic heterocycles. The molecular weight excluding hydrogens is 329 g/mol.